The zero-order chi connectivity index (χ0) is 19.6. The molecule has 0 aromatic heterocycles. The van der Waals surface area contributed by atoms with Crippen molar-refractivity contribution in [3.8, 4) is 0 Å². The summed E-state index contributed by atoms with van der Waals surface area (Å²) in [5.41, 5.74) is 2.88. The smallest absolute Gasteiger partial charge is 0.245 e. The number of carbonyl (C=O) groups is 1. The normalized spacial score (nSPS) is 11.3. The Balaban J connectivity index is 2.32. The van der Waals surface area contributed by atoms with Gasteiger partial charge < -0.3 is 5.32 Å². The van der Waals surface area contributed by atoms with Crippen molar-refractivity contribution in [2.24, 2.45) is 0 Å². The van der Waals surface area contributed by atoms with Crippen LogP contribution in [0.2, 0.25) is 0 Å². The van der Waals surface area contributed by atoms with Crippen LogP contribution in [-0.4, -0.2) is 27.1 Å². The molecule has 0 spiro atoms. The SMILES string of the molecule is Cc1cc(C)c(N(CC(=O)Nc2ccc(F)c(F)c2)S(C)(=O)=O)c(C)c1. The number of sulfonamides is 1. The van der Waals surface area contributed by atoms with Crippen LogP contribution in [0.1, 0.15) is 16.7 Å². The Hall–Kier alpha value is -2.48. The van der Waals surface area contributed by atoms with Crippen molar-refractivity contribution < 1.29 is 22.0 Å². The van der Waals surface area contributed by atoms with Crippen LogP contribution in [0, 0.1) is 32.4 Å². The van der Waals surface area contributed by atoms with Crippen molar-refractivity contribution >= 4 is 27.3 Å². The molecule has 140 valence electrons. The number of nitrogens with zero attached hydrogens (tertiary/aromatic N) is 1. The van der Waals surface area contributed by atoms with Crippen LogP contribution >= 0.6 is 0 Å². The fourth-order valence-corrected chi connectivity index (χ4v) is 3.80. The molecule has 0 fully saturated rings. The van der Waals surface area contributed by atoms with Crippen molar-refractivity contribution in [1.82, 2.24) is 0 Å². The Morgan fingerprint density at radius 1 is 1.04 bits per heavy atom. The summed E-state index contributed by atoms with van der Waals surface area (Å²) in [7, 11) is -3.74. The third-order valence-corrected chi connectivity index (χ3v) is 4.89. The average molecular weight is 382 g/mol. The molecule has 26 heavy (non-hydrogen) atoms. The number of carbonyl (C=O) groups excluding carboxylic acids is 1. The summed E-state index contributed by atoms with van der Waals surface area (Å²) in [6.07, 6.45) is 1.01. The fourth-order valence-electron chi connectivity index (χ4n) is 2.83. The first-order chi connectivity index (χ1) is 12.0. The first kappa shape index (κ1) is 19.8. The number of nitrogens with one attached hydrogen (secondary N) is 1. The molecule has 0 aliphatic heterocycles. The largest absolute Gasteiger partial charge is 0.324 e. The highest BCUT2D eigenvalue weighted by Crippen LogP contribution is 2.28. The maximum absolute atomic E-state index is 13.3. The molecule has 0 saturated carbocycles. The number of hydrogen-bond acceptors (Lipinski definition) is 3. The standard InChI is InChI=1S/C18H20F2N2O3S/c1-11-7-12(2)18(13(3)8-11)22(26(4,24)25)10-17(23)21-14-5-6-15(19)16(20)9-14/h5-9H,10H2,1-4H3,(H,21,23). The van der Waals surface area contributed by atoms with Crippen LogP contribution in [-0.2, 0) is 14.8 Å². The molecule has 0 aliphatic carbocycles. The molecule has 0 saturated heterocycles. The van der Waals surface area contributed by atoms with Crippen LogP contribution < -0.4 is 9.62 Å². The number of rotatable bonds is 5. The van der Waals surface area contributed by atoms with Crippen molar-refractivity contribution in [3.05, 3.63) is 58.7 Å². The van der Waals surface area contributed by atoms with Gasteiger partial charge in [0.15, 0.2) is 11.6 Å². The van der Waals surface area contributed by atoms with Crippen LogP contribution in [0.4, 0.5) is 20.2 Å². The van der Waals surface area contributed by atoms with Crippen molar-refractivity contribution in [2.45, 2.75) is 20.8 Å². The summed E-state index contributed by atoms with van der Waals surface area (Å²) in [5.74, 6) is -2.81. The number of halogens is 2. The highest BCUT2D eigenvalue weighted by molar-refractivity contribution is 7.92. The van der Waals surface area contributed by atoms with E-state index in [1.807, 2.05) is 19.1 Å². The van der Waals surface area contributed by atoms with E-state index in [0.29, 0.717) is 16.8 Å². The fraction of sp³-hybridized carbons (Fsp3) is 0.278. The average Bonchev–Trinajstić information content (AvgIpc) is 2.48. The summed E-state index contributed by atoms with van der Waals surface area (Å²) in [6.45, 7) is 4.94. The Morgan fingerprint density at radius 2 is 1.62 bits per heavy atom. The van der Waals surface area contributed by atoms with E-state index >= 15 is 0 Å². The first-order valence-corrected chi connectivity index (χ1v) is 9.64. The maximum atomic E-state index is 13.3. The minimum Gasteiger partial charge on any atom is -0.324 e. The van der Waals surface area contributed by atoms with Gasteiger partial charge in [0.05, 0.1) is 11.9 Å². The lowest BCUT2D eigenvalue weighted by atomic mass is 10.1. The lowest BCUT2D eigenvalue weighted by molar-refractivity contribution is -0.114. The van der Waals surface area contributed by atoms with Gasteiger partial charge in [-0.05, 0) is 44.0 Å². The van der Waals surface area contributed by atoms with Gasteiger partial charge in [0, 0.05) is 11.8 Å². The second kappa shape index (κ2) is 7.41. The predicted molar refractivity (Wildman–Crippen MR) is 97.8 cm³/mol. The van der Waals surface area contributed by atoms with Gasteiger partial charge in [0.25, 0.3) is 0 Å². The molecule has 5 nitrogen and oxygen atoms in total. The molecule has 0 unspecified atom stereocenters. The highest BCUT2D eigenvalue weighted by Gasteiger charge is 2.24. The van der Waals surface area contributed by atoms with Gasteiger partial charge in [-0.25, -0.2) is 17.2 Å². The molecule has 0 bridgehead atoms. The molecule has 2 rings (SSSR count). The lowest BCUT2D eigenvalue weighted by Crippen LogP contribution is -2.38. The van der Waals surface area contributed by atoms with Gasteiger partial charge in [-0.2, -0.15) is 0 Å². The Morgan fingerprint density at radius 3 is 2.12 bits per heavy atom. The number of hydrogen-bond donors (Lipinski definition) is 1. The number of amides is 1. The van der Waals surface area contributed by atoms with Crippen LogP contribution in [0.3, 0.4) is 0 Å². The number of anilines is 2. The Bertz CT molecular complexity index is 936. The van der Waals surface area contributed by atoms with E-state index in [4.69, 9.17) is 0 Å². The lowest BCUT2D eigenvalue weighted by Gasteiger charge is -2.26. The molecular weight excluding hydrogens is 362 g/mol. The second-order valence-electron chi connectivity index (χ2n) is 6.19. The van der Waals surface area contributed by atoms with Crippen LogP contribution in [0.5, 0.6) is 0 Å². The zero-order valence-electron chi connectivity index (χ0n) is 14.9. The third kappa shape index (κ3) is 4.57. The molecule has 1 amide bonds. The minimum absolute atomic E-state index is 0.0414. The molecule has 0 atom stereocenters. The van der Waals surface area contributed by atoms with Crippen LogP contribution in [0.25, 0.3) is 0 Å². The quantitative estimate of drug-likeness (QED) is 0.863. The van der Waals surface area contributed by atoms with Crippen molar-refractivity contribution in [3.63, 3.8) is 0 Å². The topological polar surface area (TPSA) is 66.5 Å². The molecular formula is C18H20F2N2O3S. The summed E-state index contributed by atoms with van der Waals surface area (Å²) in [5, 5.41) is 2.38. The van der Waals surface area contributed by atoms with E-state index in [2.05, 4.69) is 5.32 Å². The minimum atomic E-state index is -3.74. The van der Waals surface area contributed by atoms with E-state index in [9.17, 15) is 22.0 Å². The predicted octanol–water partition coefficient (Wildman–Crippen LogP) is 3.29. The van der Waals surface area contributed by atoms with E-state index in [-0.39, 0.29) is 5.69 Å². The van der Waals surface area contributed by atoms with Crippen molar-refractivity contribution in [2.75, 3.05) is 22.4 Å². The Kier molecular flexibility index (Phi) is 5.65. The van der Waals surface area contributed by atoms with Gasteiger partial charge >= 0.3 is 0 Å². The third-order valence-electron chi connectivity index (χ3n) is 3.78. The van der Waals surface area contributed by atoms with Gasteiger partial charge in [-0.3, -0.25) is 9.10 Å². The van der Waals surface area contributed by atoms with Gasteiger partial charge in [0.2, 0.25) is 15.9 Å². The Labute approximate surface area is 151 Å². The zero-order valence-corrected chi connectivity index (χ0v) is 15.7. The molecule has 0 radical (unpaired) electrons. The second-order valence-corrected chi connectivity index (χ2v) is 8.10. The molecule has 8 heteroatoms. The summed E-state index contributed by atoms with van der Waals surface area (Å²) >= 11 is 0. The van der Waals surface area contributed by atoms with E-state index in [1.165, 1.54) is 6.07 Å². The van der Waals surface area contributed by atoms with E-state index in [1.54, 1.807) is 13.8 Å². The molecule has 0 heterocycles. The van der Waals surface area contributed by atoms with Gasteiger partial charge in [0.1, 0.15) is 6.54 Å². The summed E-state index contributed by atoms with van der Waals surface area (Å²) in [6, 6.07) is 6.57. The molecule has 0 aliphatic rings. The first-order valence-electron chi connectivity index (χ1n) is 7.79. The molecule has 2 aromatic carbocycles. The van der Waals surface area contributed by atoms with Gasteiger partial charge in [-0.15, -0.1) is 0 Å². The van der Waals surface area contributed by atoms with Crippen molar-refractivity contribution in [1.29, 1.82) is 0 Å². The molecule has 2 aromatic rings. The maximum Gasteiger partial charge on any atom is 0.245 e. The monoisotopic (exact) mass is 382 g/mol. The van der Waals surface area contributed by atoms with E-state index in [0.717, 1.165) is 28.3 Å². The number of benzene rings is 2. The van der Waals surface area contributed by atoms with Crippen LogP contribution in [0.15, 0.2) is 30.3 Å². The number of aryl methyl sites for hydroxylation is 3. The summed E-state index contributed by atoms with van der Waals surface area (Å²) < 4.78 is 51.7. The highest BCUT2D eigenvalue weighted by atomic mass is 32.2. The van der Waals surface area contributed by atoms with E-state index < -0.39 is 34.1 Å². The molecule has 1 N–H and O–H groups in total. The van der Waals surface area contributed by atoms with Gasteiger partial charge in [-0.1, -0.05) is 17.7 Å². The summed E-state index contributed by atoms with van der Waals surface area (Å²) in [4.78, 5) is 12.3.